The first kappa shape index (κ1) is 24.9. The first-order valence-corrected chi connectivity index (χ1v) is 9.96. The number of carbonyl (C=O) groups is 3. The van der Waals surface area contributed by atoms with Crippen molar-refractivity contribution >= 4 is 47.2 Å². The van der Waals surface area contributed by atoms with Gasteiger partial charge in [-0.1, -0.05) is 35.4 Å². The molecule has 1 saturated carbocycles. The average molecular weight is 445 g/mol. The number of nitrogens with two attached hydrogens (primary N) is 1. The smallest absolute Gasteiger partial charge is 0.293 e. The van der Waals surface area contributed by atoms with Gasteiger partial charge in [0, 0.05) is 22.8 Å². The molecular formula is C20H26Cl2N2O5. The first-order valence-electron chi connectivity index (χ1n) is 9.20. The largest absolute Gasteiger partial charge is 0.465 e. The lowest BCUT2D eigenvalue weighted by molar-refractivity contribution is -0.138. The Balaban J connectivity index is 0.000000282. The summed E-state index contributed by atoms with van der Waals surface area (Å²) in [4.78, 5) is 32.1. The molecule has 0 aromatic heterocycles. The van der Waals surface area contributed by atoms with E-state index in [-0.39, 0.29) is 6.10 Å². The minimum absolute atomic E-state index is 0.262. The summed E-state index contributed by atoms with van der Waals surface area (Å²) in [6, 6.07) is 4.48. The lowest BCUT2D eigenvalue weighted by Crippen LogP contribution is -2.40. The number of carbonyl (C=O) groups excluding carboxylic acids is 3. The molecule has 0 bridgehead atoms. The highest BCUT2D eigenvalue weighted by molar-refractivity contribution is 6.35. The molecule has 160 valence electrons. The minimum Gasteiger partial charge on any atom is -0.465 e. The summed E-state index contributed by atoms with van der Waals surface area (Å²) >= 11 is 11.5. The summed E-state index contributed by atoms with van der Waals surface area (Å²) < 4.78 is 9.25. The molecule has 1 atom stereocenters. The lowest BCUT2D eigenvalue weighted by Gasteiger charge is -2.22. The Labute approximate surface area is 180 Å². The van der Waals surface area contributed by atoms with Crippen LogP contribution in [0.2, 0.25) is 10.0 Å². The summed E-state index contributed by atoms with van der Waals surface area (Å²) in [5.41, 5.74) is 5.34. The highest BCUT2D eigenvalue weighted by Gasteiger charge is 2.23. The molecule has 3 N–H and O–H groups in total. The molecule has 0 radical (unpaired) electrons. The Kier molecular flexibility index (Phi) is 12.0. The van der Waals surface area contributed by atoms with Crippen molar-refractivity contribution in [3.63, 3.8) is 0 Å². The van der Waals surface area contributed by atoms with Gasteiger partial charge in [0.15, 0.2) is 0 Å². The van der Waals surface area contributed by atoms with Gasteiger partial charge in [-0.2, -0.15) is 0 Å². The number of benzene rings is 1. The predicted molar refractivity (Wildman–Crippen MR) is 113 cm³/mol. The lowest BCUT2D eigenvalue weighted by atomic mass is 9.96. The van der Waals surface area contributed by atoms with E-state index in [4.69, 9.17) is 28.9 Å². The van der Waals surface area contributed by atoms with Crippen LogP contribution in [0.15, 0.2) is 30.4 Å². The highest BCUT2D eigenvalue weighted by Crippen LogP contribution is 2.22. The molecule has 29 heavy (non-hydrogen) atoms. The number of rotatable bonds is 6. The third-order valence-corrected chi connectivity index (χ3v) is 4.51. The van der Waals surface area contributed by atoms with Gasteiger partial charge in [-0.3, -0.25) is 14.4 Å². The number of allylic oxidation sites excluding steroid dienone is 2. The fourth-order valence-corrected chi connectivity index (χ4v) is 2.89. The molecule has 0 spiro atoms. The fourth-order valence-electron chi connectivity index (χ4n) is 2.36. The second-order valence-electron chi connectivity index (χ2n) is 6.35. The molecule has 3 rings (SSSR count). The quantitative estimate of drug-likeness (QED) is 0.393. The zero-order chi connectivity index (χ0) is 21.6. The number of hydrogen-bond donors (Lipinski definition) is 2. The van der Waals surface area contributed by atoms with Gasteiger partial charge in [-0.25, -0.2) is 0 Å². The summed E-state index contributed by atoms with van der Waals surface area (Å²) in [6.45, 7) is 0.532. The van der Waals surface area contributed by atoms with Crippen LogP contribution in [-0.4, -0.2) is 37.6 Å². The van der Waals surface area contributed by atoms with Crippen molar-refractivity contribution in [3.05, 3.63) is 40.4 Å². The molecular weight excluding hydrogens is 419 g/mol. The number of methoxy groups -OCH3 is 1. The molecule has 0 aliphatic heterocycles. The van der Waals surface area contributed by atoms with Crippen LogP contribution in [0.25, 0.3) is 0 Å². The van der Waals surface area contributed by atoms with Crippen molar-refractivity contribution in [1.29, 1.82) is 0 Å². The Hall–Kier alpha value is -2.09. The summed E-state index contributed by atoms with van der Waals surface area (Å²) in [5, 5.41) is 3.15. The van der Waals surface area contributed by atoms with Crippen LogP contribution in [-0.2, 0) is 23.9 Å². The molecule has 0 saturated heterocycles. The van der Waals surface area contributed by atoms with Crippen LogP contribution in [0.5, 0.6) is 0 Å². The highest BCUT2D eigenvalue weighted by atomic mass is 35.5. The van der Waals surface area contributed by atoms with E-state index in [1.54, 1.807) is 0 Å². The van der Waals surface area contributed by atoms with E-state index in [9.17, 15) is 14.4 Å². The van der Waals surface area contributed by atoms with E-state index in [0.717, 1.165) is 12.8 Å². The molecule has 0 heterocycles. The molecule has 1 unspecified atom stereocenters. The molecule has 1 fully saturated rings. The maximum Gasteiger partial charge on any atom is 0.293 e. The second-order valence-corrected chi connectivity index (χ2v) is 7.23. The Bertz CT molecular complexity index is 682. The third kappa shape index (κ3) is 10.3. The van der Waals surface area contributed by atoms with Gasteiger partial charge in [-0.15, -0.1) is 0 Å². The number of anilines is 1. The van der Waals surface area contributed by atoms with Gasteiger partial charge < -0.3 is 20.5 Å². The molecule has 2 aliphatic carbocycles. The Morgan fingerprint density at radius 3 is 2.03 bits per heavy atom. The van der Waals surface area contributed by atoms with Crippen LogP contribution in [0.1, 0.15) is 38.5 Å². The number of amides is 2. The topological polar surface area (TPSA) is 108 Å². The summed E-state index contributed by atoms with van der Waals surface area (Å²) in [7, 11) is 1.21. The van der Waals surface area contributed by atoms with Gasteiger partial charge in [-0.05, 0) is 56.7 Å². The SMILES string of the molecule is C1=CCCC1.COC(C(N)=O)C(=O)Nc1cc(Cl)cc(Cl)c1.O=COC1CCC1. The molecule has 2 aliphatic rings. The van der Waals surface area contributed by atoms with Gasteiger partial charge in [0.1, 0.15) is 6.10 Å². The maximum absolute atomic E-state index is 11.6. The van der Waals surface area contributed by atoms with Crippen molar-refractivity contribution < 1.29 is 23.9 Å². The standard InChI is InChI=1S/C10H10Cl2N2O3.C5H8O2.C5H8/c1-17-8(9(13)15)10(16)14-7-3-5(11)2-6(12)4-7;6-4-7-5-2-1-3-5;1-2-4-5-3-1/h2-4,8H,1H3,(H2,13,15)(H,14,16);4-5H,1-3H2;1-2H,3-5H2. The van der Waals surface area contributed by atoms with Crippen LogP contribution in [0.3, 0.4) is 0 Å². The fraction of sp³-hybridized carbons (Fsp3) is 0.450. The number of primary amides is 1. The van der Waals surface area contributed by atoms with Gasteiger partial charge in [0.05, 0.1) is 0 Å². The summed E-state index contributed by atoms with van der Waals surface area (Å²) in [5.74, 6) is -1.56. The van der Waals surface area contributed by atoms with Crippen molar-refractivity contribution in [2.24, 2.45) is 5.73 Å². The van der Waals surface area contributed by atoms with Crippen LogP contribution in [0, 0.1) is 0 Å². The zero-order valence-corrected chi connectivity index (χ0v) is 17.7. The number of halogens is 2. The molecule has 1 aromatic rings. The van der Waals surface area contributed by atoms with E-state index in [2.05, 4.69) is 26.9 Å². The molecule has 2 amide bonds. The Morgan fingerprint density at radius 1 is 1.14 bits per heavy atom. The molecule has 7 nitrogen and oxygen atoms in total. The van der Waals surface area contributed by atoms with Crippen molar-refractivity contribution in [1.82, 2.24) is 0 Å². The number of hydrogen-bond acceptors (Lipinski definition) is 5. The first-order chi connectivity index (χ1) is 13.9. The van der Waals surface area contributed by atoms with Gasteiger partial charge in [0.25, 0.3) is 18.3 Å². The van der Waals surface area contributed by atoms with Crippen molar-refractivity contribution in [3.8, 4) is 0 Å². The predicted octanol–water partition coefficient (Wildman–Crippen LogP) is 3.87. The van der Waals surface area contributed by atoms with Crippen LogP contribution < -0.4 is 11.1 Å². The monoisotopic (exact) mass is 444 g/mol. The van der Waals surface area contributed by atoms with Crippen molar-refractivity contribution in [2.45, 2.75) is 50.7 Å². The van der Waals surface area contributed by atoms with E-state index < -0.39 is 17.9 Å². The number of nitrogens with one attached hydrogen (secondary N) is 1. The summed E-state index contributed by atoms with van der Waals surface area (Å²) in [6.07, 6.45) is 10.8. The van der Waals surface area contributed by atoms with E-state index >= 15 is 0 Å². The maximum atomic E-state index is 11.6. The normalized spacial score (nSPS) is 15.6. The van der Waals surface area contributed by atoms with E-state index in [1.165, 1.54) is 51.0 Å². The van der Waals surface area contributed by atoms with Gasteiger partial charge >= 0.3 is 0 Å². The third-order valence-electron chi connectivity index (χ3n) is 4.07. The van der Waals surface area contributed by atoms with Gasteiger partial charge in [0.2, 0.25) is 6.10 Å². The molecule has 1 aromatic carbocycles. The van der Waals surface area contributed by atoms with Crippen LogP contribution >= 0.6 is 23.2 Å². The van der Waals surface area contributed by atoms with E-state index in [0.29, 0.717) is 22.2 Å². The van der Waals surface area contributed by atoms with Crippen molar-refractivity contribution in [2.75, 3.05) is 12.4 Å². The second kappa shape index (κ2) is 14.0. The number of ether oxygens (including phenoxy) is 2. The average Bonchev–Trinajstić information content (AvgIpc) is 3.18. The zero-order valence-electron chi connectivity index (χ0n) is 16.2. The van der Waals surface area contributed by atoms with Crippen LogP contribution in [0.4, 0.5) is 5.69 Å². The Morgan fingerprint density at radius 2 is 1.72 bits per heavy atom. The minimum atomic E-state index is -1.35. The van der Waals surface area contributed by atoms with E-state index in [1.807, 2.05) is 0 Å². The molecule has 9 heteroatoms.